The first-order valence-electron chi connectivity index (χ1n) is 2.81. The topological polar surface area (TPSA) is 30.7 Å². The summed E-state index contributed by atoms with van der Waals surface area (Å²) < 4.78 is 1.57. The van der Waals surface area contributed by atoms with E-state index in [4.69, 9.17) is 0 Å². The quantitative estimate of drug-likeness (QED) is 0.620. The summed E-state index contributed by atoms with van der Waals surface area (Å²) in [6.07, 6.45) is 0. The van der Waals surface area contributed by atoms with Crippen LogP contribution in [0.5, 0.6) is 0 Å². The van der Waals surface area contributed by atoms with Crippen molar-refractivity contribution in [3.8, 4) is 0 Å². The first-order chi connectivity index (χ1) is 4.88. The van der Waals surface area contributed by atoms with Crippen LogP contribution < -0.4 is 0 Å². The third kappa shape index (κ3) is 0.794. The van der Waals surface area contributed by atoms with Crippen molar-refractivity contribution in [2.24, 2.45) is 0 Å². The van der Waals surface area contributed by atoms with Crippen LogP contribution in [0.1, 0.15) is 0 Å². The van der Waals surface area contributed by atoms with E-state index in [-0.39, 0.29) is 0 Å². The fourth-order valence-corrected chi connectivity index (χ4v) is 1.17. The van der Waals surface area contributed by atoms with Crippen LogP contribution in [0.4, 0.5) is 0 Å². The summed E-state index contributed by atoms with van der Waals surface area (Å²) in [7, 11) is 0. The van der Waals surface area contributed by atoms with Gasteiger partial charge >= 0.3 is 70.0 Å². The average molecular weight is 226 g/mol. The summed E-state index contributed by atoms with van der Waals surface area (Å²) in [4.78, 5) is 0. The number of fused-ring (bicyclic) bond motifs is 1. The van der Waals surface area contributed by atoms with Crippen LogP contribution in [0.2, 0.25) is 0 Å². The van der Waals surface area contributed by atoms with Crippen LogP contribution in [0.15, 0.2) is 24.3 Å². The number of benzene rings is 1. The van der Waals surface area contributed by atoms with E-state index in [1.807, 2.05) is 24.3 Å². The van der Waals surface area contributed by atoms with Gasteiger partial charge in [-0.3, -0.25) is 0 Å². The first-order valence-corrected chi connectivity index (χ1v) is 3.47. The van der Waals surface area contributed by atoms with Crippen LogP contribution in [-0.2, 0) is 21.3 Å². The van der Waals surface area contributed by atoms with Crippen molar-refractivity contribution in [1.29, 1.82) is 0 Å². The molecule has 0 fully saturated rings. The van der Waals surface area contributed by atoms with Crippen molar-refractivity contribution in [3.63, 3.8) is 0 Å². The Morgan fingerprint density at radius 3 is 2.90 bits per heavy atom. The van der Waals surface area contributed by atoms with E-state index in [1.54, 1.807) is 3.09 Å². The minimum absolute atomic E-state index is 0.902. The summed E-state index contributed by atoms with van der Waals surface area (Å²) in [5.41, 5.74) is 1.89. The number of hydrogen-bond acceptors (Lipinski definition) is 2. The van der Waals surface area contributed by atoms with Crippen LogP contribution in [-0.4, -0.2) is 13.4 Å². The van der Waals surface area contributed by atoms with Crippen LogP contribution in [0, 0.1) is 0 Å². The number of hydrogen-bond donors (Lipinski definition) is 0. The molecule has 0 spiro atoms. The Morgan fingerprint density at radius 1 is 1.30 bits per heavy atom. The van der Waals surface area contributed by atoms with Crippen LogP contribution >= 0.6 is 0 Å². The normalized spacial score (nSPS) is 10.6. The second kappa shape index (κ2) is 2.20. The molecule has 0 bridgehead atoms. The van der Waals surface area contributed by atoms with E-state index in [0.717, 1.165) is 11.0 Å². The third-order valence-corrected chi connectivity index (χ3v) is 1.78. The van der Waals surface area contributed by atoms with Gasteiger partial charge in [0.15, 0.2) is 0 Å². The van der Waals surface area contributed by atoms with E-state index >= 15 is 0 Å². The Morgan fingerprint density at radius 2 is 2.10 bits per heavy atom. The zero-order valence-corrected chi connectivity index (χ0v) is 6.43. The SMILES string of the molecule is [Ag][n]1nnc2ccccc21. The van der Waals surface area contributed by atoms with Gasteiger partial charge in [-0.25, -0.2) is 0 Å². The van der Waals surface area contributed by atoms with Crippen molar-refractivity contribution in [2.75, 3.05) is 0 Å². The molecule has 4 heteroatoms. The average Bonchev–Trinajstić information content (AvgIpc) is 2.34. The molecular formula is C6H4AgN3. The molecule has 0 aliphatic carbocycles. The fraction of sp³-hybridized carbons (Fsp3) is 0. The Kier molecular flexibility index (Phi) is 1.34. The Bertz CT molecular complexity index is 355. The van der Waals surface area contributed by atoms with Gasteiger partial charge in [-0.15, -0.1) is 0 Å². The number of rotatable bonds is 0. The van der Waals surface area contributed by atoms with E-state index in [1.165, 1.54) is 0 Å². The molecule has 0 N–H and O–H groups in total. The van der Waals surface area contributed by atoms with Crippen molar-refractivity contribution in [1.82, 2.24) is 13.4 Å². The third-order valence-electron chi connectivity index (χ3n) is 1.29. The van der Waals surface area contributed by atoms with E-state index in [9.17, 15) is 0 Å². The summed E-state index contributed by atoms with van der Waals surface area (Å²) in [5, 5.41) is 7.66. The number of para-hydroxylation sites is 1. The molecule has 0 aliphatic heterocycles. The Labute approximate surface area is 70.3 Å². The molecule has 1 aromatic heterocycles. The first kappa shape index (κ1) is 6.10. The molecule has 1 aromatic carbocycles. The second-order valence-corrected chi connectivity index (χ2v) is 2.53. The summed E-state index contributed by atoms with van der Waals surface area (Å²) in [5.74, 6) is 0. The molecule has 0 amide bonds. The molecule has 54 valence electrons. The predicted octanol–water partition coefficient (Wildman–Crippen LogP) is 0.741. The second-order valence-electron chi connectivity index (χ2n) is 1.91. The molecule has 1 heterocycles. The van der Waals surface area contributed by atoms with Crippen molar-refractivity contribution < 1.29 is 21.3 Å². The van der Waals surface area contributed by atoms with Crippen LogP contribution in [0.25, 0.3) is 11.0 Å². The number of nitrogens with zero attached hydrogens (tertiary/aromatic N) is 3. The molecule has 0 aliphatic rings. The van der Waals surface area contributed by atoms with E-state index in [2.05, 4.69) is 31.6 Å². The molecule has 0 atom stereocenters. The predicted molar refractivity (Wildman–Crippen MR) is 32.9 cm³/mol. The van der Waals surface area contributed by atoms with Crippen LogP contribution in [0.3, 0.4) is 0 Å². The van der Waals surface area contributed by atoms with Gasteiger partial charge in [-0.2, -0.15) is 0 Å². The Hall–Kier alpha value is -0.640. The summed E-state index contributed by atoms with van der Waals surface area (Å²) in [6.45, 7) is 0. The van der Waals surface area contributed by atoms with Gasteiger partial charge in [-0.05, 0) is 0 Å². The van der Waals surface area contributed by atoms with Gasteiger partial charge in [0.25, 0.3) is 0 Å². The Balaban J connectivity index is 2.93. The number of aromatic nitrogens is 3. The maximum atomic E-state index is 3.88. The van der Waals surface area contributed by atoms with Crippen molar-refractivity contribution in [3.05, 3.63) is 24.3 Å². The molecule has 2 rings (SSSR count). The summed E-state index contributed by atoms with van der Waals surface area (Å²) in [6, 6.07) is 7.75. The van der Waals surface area contributed by atoms with Crippen molar-refractivity contribution >= 4 is 11.0 Å². The van der Waals surface area contributed by atoms with Crippen molar-refractivity contribution in [2.45, 2.75) is 0 Å². The molecule has 0 saturated carbocycles. The zero-order chi connectivity index (χ0) is 6.97. The minimum atomic E-state index is 0.902. The fourth-order valence-electron chi connectivity index (χ4n) is 0.823. The maximum absolute atomic E-state index is 3.88. The van der Waals surface area contributed by atoms with Gasteiger partial charge in [0.05, 0.1) is 0 Å². The molecule has 0 saturated heterocycles. The van der Waals surface area contributed by atoms with Gasteiger partial charge in [0.2, 0.25) is 0 Å². The molecular weight excluding hydrogens is 222 g/mol. The molecule has 2 aromatic rings. The molecule has 0 unspecified atom stereocenters. The van der Waals surface area contributed by atoms with E-state index < -0.39 is 0 Å². The van der Waals surface area contributed by atoms with Gasteiger partial charge in [0.1, 0.15) is 0 Å². The molecule has 10 heavy (non-hydrogen) atoms. The molecule has 0 radical (unpaired) electrons. The van der Waals surface area contributed by atoms with E-state index in [0.29, 0.717) is 0 Å². The monoisotopic (exact) mass is 225 g/mol. The summed E-state index contributed by atoms with van der Waals surface area (Å²) >= 11 is 3.23. The molecule has 3 nitrogen and oxygen atoms in total. The van der Waals surface area contributed by atoms with Gasteiger partial charge in [-0.1, -0.05) is 0 Å². The van der Waals surface area contributed by atoms with Gasteiger partial charge < -0.3 is 0 Å². The standard InChI is InChI=1S/C6H4N3.Ag/c1-2-4-6-5(3-1)7-9-8-6;/h1-4H;/q-1;+1. The zero-order valence-electron chi connectivity index (χ0n) is 4.95. The van der Waals surface area contributed by atoms with Gasteiger partial charge in [0, 0.05) is 0 Å².